The second-order valence-corrected chi connectivity index (χ2v) is 6.07. The number of carbonyl (C=O) groups is 2. The lowest BCUT2D eigenvalue weighted by atomic mass is 9.81. The first-order valence-electron chi connectivity index (χ1n) is 7.32. The van der Waals surface area contributed by atoms with E-state index in [1.807, 2.05) is 0 Å². The van der Waals surface area contributed by atoms with Crippen molar-refractivity contribution in [1.82, 2.24) is 10.6 Å². The number of hydrogen-bond acceptors (Lipinski definition) is 3. The Hall–Kier alpha value is -1.10. The van der Waals surface area contributed by atoms with E-state index in [9.17, 15) is 14.7 Å². The zero-order valence-corrected chi connectivity index (χ0v) is 11.6. The van der Waals surface area contributed by atoms with Crippen LogP contribution in [0, 0.1) is 5.92 Å². The Balaban J connectivity index is 2.00. The van der Waals surface area contributed by atoms with Gasteiger partial charge in [0.2, 0.25) is 5.91 Å². The molecule has 2 rings (SSSR count). The SMILES string of the molecule is CC1CCNC(C(=O)NC2(C(=O)O)CCCCC2)C1. The molecule has 1 saturated heterocycles. The zero-order valence-electron chi connectivity index (χ0n) is 11.6. The molecule has 2 unspecified atom stereocenters. The monoisotopic (exact) mass is 268 g/mol. The van der Waals surface area contributed by atoms with E-state index in [0.29, 0.717) is 18.8 Å². The third-order valence-corrected chi connectivity index (χ3v) is 4.46. The normalized spacial score (nSPS) is 30.6. The molecule has 1 amide bonds. The molecule has 19 heavy (non-hydrogen) atoms. The van der Waals surface area contributed by atoms with E-state index < -0.39 is 11.5 Å². The fraction of sp³-hybridized carbons (Fsp3) is 0.857. The van der Waals surface area contributed by atoms with Gasteiger partial charge in [-0.15, -0.1) is 0 Å². The minimum absolute atomic E-state index is 0.143. The zero-order chi connectivity index (χ0) is 13.9. The summed E-state index contributed by atoms with van der Waals surface area (Å²) >= 11 is 0. The lowest BCUT2D eigenvalue weighted by Gasteiger charge is -2.36. The lowest BCUT2D eigenvalue weighted by Crippen LogP contribution is -2.60. The van der Waals surface area contributed by atoms with Crippen molar-refractivity contribution in [2.45, 2.75) is 63.5 Å². The fourth-order valence-electron chi connectivity index (χ4n) is 3.18. The first kappa shape index (κ1) is 14.3. The number of carboxylic acids is 1. The number of nitrogens with one attached hydrogen (secondary N) is 2. The van der Waals surface area contributed by atoms with Gasteiger partial charge in [0.15, 0.2) is 0 Å². The Morgan fingerprint density at radius 2 is 1.95 bits per heavy atom. The molecular formula is C14H24N2O3. The Labute approximate surface area is 114 Å². The highest BCUT2D eigenvalue weighted by molar-refractivity contribution is 5.89. The van der Waals surface area contributed by atoms with Crippen molar-refractivity contribution in [3.63, 3.8) is 0 Å². The minimum Gasteiger partial charge on any atom is -0.480 e. The van der Waals surface area contributed by atoms with Crippen molar-refractivity contribution in [3.05, 3.63) is 0 Å². The van der Waals surface area contributed by atoms with Crippen LogP contribution < -0.4 is 10.6 Å². The highest BCUT2D eigenvalue weighted by atomic mass is 16.4. The molecule has 0 bridgehead atoms. The van der Waals surface area contributed by atoms with E-state index in [0.717, 1.165) is 38.6 Å². The largest absolute Gasteiger partial charge is 0.480 e. The Kier molecular flexibility index (Phi) is 4.45. The van der Waals surface area contributed by atoms with Crippen molar-refractivity contribution in [1.29, 1.82) is 0 Å². The summed E-state index contributed by atoms with van der Waals surface area (Å²) in [6.07, 6.45) is 5.79. The van der Waals surface area contributed by atoms with Gasteiger partial charge in [-0.3, -0.25) is 4.79 Å². The summed E-state index contributed by atoms with van der Waals surface area (Å²) in [4.78, 5) is 23.8. The van der Waals surface area contributed by atoms with Gasteiger partial charge < -0.3 is 15.7 Å². The summed E-state index contributed by atoms with van der Waals surface area (Å²) in [5.74, 6) is -0.510. The number of hydrogen-bond donors (Lipinski definition) is 3. The van der Waals surface area contributed by atoms with Gasteiger partial charge in [0.25, 0.3) is 0 Å². The fourth-order valence-corrected chi connectivity index (χ4v) is 3.18. The van der Waals surface area contributed by atoms with Crippen LogP contribution in [-0.2, 0) is 9.59 Å². The molecule has 0 spiro atoms. The average molecular weight is 268 g/mol. The topological polar surface area (TPSA) is 78.4 Å². The van der Waals surface area contributed by atoms with E-state index in [-0.39, 0.29) is 11.9 Å². The number of piperidine rings is 1. The summed E-state index contributed by atoms with van der Waals surface area (Å²) in [6, 6.07) is -0.234. The van der Waals surface area contributed by atoms with Gasteiger partial charge >= 0.3 is 5.97 Å². The first-order chi connectivity index (χ1) is 9.03. The third kappa shape index (κ3) is 3.26. The second kappa shape index (κ2) is 5.90. The number of aliphatic carboxylic acids is 1. The van der Waals surface area contributed by atoms with Crippen LogP contribution in [0.15, 0.2) is 0 Å². The van der Waals surface area contributed by atoms with Crippen molar-refractivity contribution in [2.75, 3.05) is 6.54 Å². The van der Waals surface area contributed by atoms with Gasteiger partial charge in [0.05, 0.1) is 6.04 Å². The van der Waals surface area contributed by atoms with Crippen molar-refractivity contribution < 1.29 is 14.7 Å². The maximum atomic E-state index is 12.3. The van der Waals surface area contributed by atoms with Crippen LogP contribution in [0.5, 0.6) is 0 Å². The molecule has 0 aromatic heterocycles. The van der Waals surface area contributed by atoms with Gasteiger partial charge in [-0.25, -0.2) is 4.79 Å². The van der Waals surface area contributed by atoms with Crippen LogP contribution in [0.25, 0.3) is 0 Å². The van der Waals surface area contributed by atoms with Crippen LogP contribution in [0.2, 0.25) is 0 Å². The minimum atomic E-state index is -1.03. The third-order valence-electron chi connectivity index (χ3n) is 4.46. The average Bonchev–Trinajstić information content (AvgIpc) is 2.39. The highest BCUT2D eigenvalue weighted by Crippen LogP contribution is 2.29. The molecule has 2 atom stereocenters. The van der Waals surface area contributed by atoms with Gasteiger partial charge in [-0.2, -0.15) is 0 Å². The molecule has 1 aliphatic heterocycles. The molecular weight excluding hydrogens is 244 g/mol. The summed E-state index contributed by atoms with van der Waals surface area (Å²) in [7, 11) is 0. The predicted octanol–water partition coefficient (Wildman–Crippen LogP) is 1.28. The molecule has 0 aromatic carbocycles. The Morgan fingerprint density at radius 3 is 2.53 bits per heavy atom. The summed E-state index contributed by atoms with van der Waals surface area (Å²) in [6.45, 7) is 2.97. The van der Waals surface area contributed by atoms with E-state index >= 15 is 0 Å². The van der Waals surface area contributed by atoms with E-state index in [2.05, 4.69) is 17.6 Å². The Bertz CT molecular complexity index is 351. The van der Waals surface area contributed by atoms with Crippen molar-refractivity contribution in [2.24, 2.45) is 5.92 Å². The van der Waals surface area contributed by atoms with E-state index in [1.165, 1.54) is 0 Å². The van der Waals surface area contributed by atoms with Crippen LogP contribution >= 0.6 is 0 Å². The molecule has 1 saturated carbocycles. The number of rotatable bonds is 3. The standard InChI is InChI=1S/C14H24N2O3/c1-10-5-8-15-11(9-10)12(17)16-14(13(18)19)6-3-2-4-7-14/h10-11,15H,2-9H2,1H3,(H,16,17)(H,18,19). The van der Waals surface area contributed by atoms with Crippen LogP contribution in [-0.4, -0.2) is 35.1 Å². The van der Waals surface area contributed by atoms with Crippen molar-refractivity contribution >= 4 is 11.9 Å². The highest BCUT2D eigenvalue weighted by Gasteiger charge is 2.42. The van der Waals surface area contributed by atoms with Gasteiger partial charge in [-0.05, 0) is 38.1 Å². The van der Waals surface area contributed by atoms with Gasteiger partial charge in [0, 0.05) is 0 Å². The molecule has 0 radical (unpaired) electrons. The molecule has 3 N–H and O–H groups in total. The lowest BCUT2D eigenvalue weighted by molar-refractivity contribution is -0.149. The molecule has 108 valence electrons. The quantitative estimate of drug-likeness (QED) is 0.720. The summed E-state index contributed by atoms with van der Waals surface area (Å²) < 4.78 is 0. The second-order valence-electron chi connectivity index (χ2n) is 6.07. The number of carbonyl (C=O) groups excluding carboxylic acids is 1. The first-order valence-corrected chi connectivity index (χ1v) is 7.32. The summed E-state index contributed by atoms with van der Waals surface area (Å²) in [5.41, 5.74) is -1.03. The van der Waals surface area contributed by atoms with Crippen LogP contribution in [0.4, 0.5) is 0 Å². The maximum Gasteiger partial charge on any atom is 0.329 e. The van der Waals surface area contributed by atoms with E-state index in [1.54, 1.807) is 0 Å². The van der Waals surface area contributed by atoms with Gasteiger partial charge in [-0.1, -0.05) is 26.2 Å². The molecule has 2 fully saturated rings. The van der Waals surface area contributed by atoms with Crippen LogP contribution in [0.1, 0.15) is 51.9 Å². The maximum absolute atomic E-state index is 12.3. The molecule has 2 aliphatic rings. The molecule has 0 aromatic rings. The number of carboxylic acid groups (broad SMARTS) is 1. The molecule has 1 heterocycles. The smallest absolute Gasteiger partial charge is 0.329 e. The van der Waals surface area contributed by atoms with E-state index in [4.69, 9.17) is 0 Å². The van der Waals surface area contributed by atoms with Crippen LogP contribution in [0.3, 0.4) is 0 Å². The van der Waals surface area contributed by atoms with Crippen molar-refractivity contribution in [3.8, 4) is 0 Å². The Morgan fingerprint density at radius 1 is 1.26 bits per heavy atom. The summed E-state index contributed by atoms with van der Waals surface area (Å²) in [5, 5.41) is 15.5. The van der Waals surface area contributed by atoms with Gasteiger partial charge in [0.1, 0.15) is 5.54 Å². The predicted molar refractivity (Wildman–Crippen MR) is 71.8 cm³/mol. The molecule has 1 aliphatic carbocycles. The number of amides is 1. The molecule has 5 heteroatoms. The molecule has 5 nitrogen and oxygen atoms in total.